The lowest BCUT2D eigenvalue weighted by Crippen LogP contribution is -2.53. The quantitative estimate of drug-likeness (QED) is 0.846. The number of nitrogens with zero attached hydrogens (tertiary/aromatic N) is 4. The lowest BCUT2D eigenvalue weighted by Gasteiger charge is -2.37. The van der Waals surface area contributed by atoms with Crippen molar-refractivity contribution in [1.82, 2.24) is 24.7 Å². The second-order valence-corrected chi connectivity index (χ2v) is 6.75. The summed E-state index contributed by atoms with van der Waals surface area (Å²) in [7, 11) is 0. The number of rotatable bonds is 5. The van der Waals surface area contributed by atoms with E-state index in [4.69, 9.17) is 0 Å². The van der Waals surface area contributed by atoms with Gasteiger partial charge in [0.05, 0.1) is 13.1 Å². The van der Waals surface area contributed by atoms with E-state index in [9.17, 15) is 9.59 Å². The van der Waals surface area contributed by atoms with E-state index in [2.05, 4.69) is 14.9 Å². The largest absolute Gasteiger partial charge is 0.354 e. The SMILES string of the molecule is Cc1nccn1CC[C@H]1CCCCN1C(=O)CN1CCNC(=O)C1. The average molecular weight is 333 g/mol. The molecule has 1 N–H and O–H groups in total. The predicted molar refractivity (Wildman–Crippen MR) is 90.4 cm³/mol. The molecule has 0 aliphatic carbocycles. The van der Waals surface area contributed by atoms with Crippen LogP contribution in [0.15, 0.2) is 12.4 Å². The number of carbonyl (C=O) groups excluding carboxylic acids is 2. The van der Waals surface area contributed by atoms with Gasteiger partial charge in [-0.3, -0.25) is 14.5 Å². The van der Waals surface area contributed by atoms with Crippen molar-refractivity contribution in [1.29, 1.82) is 0 Å². The third-order valence-corrected chi connectivity index (χ3v) is 5.05. The Morgan fingerprint density at radius 3 is 3.00 bits per heavy atom. The normalized spacial score (nSPS) is 22.5. The number of carbonyl (C=O) groups is 2. The van der Waals surface area contributed by atoms with Gasteiger partial charge in [0.2, 0.25) is 11.8 Å². The number of hydrogen-bond acceptors (Lipinski definition) is 4. The summed E-state index contributed by atoms with van der Waals surface area (Å²) in [4.78, 5) is 32.5. The summed E-state index contributed by atoms with van der Waals surface area (Å²) in [6, 6.07) is 0.298. The van der Waals surface area contributed by atoms with Gasteiger partial charge in [-0.1, -0.05) is 0 Å². The smallest absolute Gasteiger partial charge is 0.237 e. The van der Waals surface area contributed by atoms with Crippen molar-refractivity contribution in [2.45, 2.75) is 45.2 Å². The molecule has 1 aromatic rings. The molecular formula is C17H27N5O2. The van der Waals surface area contributed by atoms with Crippen LogP contribution in [0.3, 0.4) is 0 Å². The fourth-order valence-corrected chi connectivity index (χ4v) is 3.67. The molecular weight excluding hydrogens is 306 g/mol. The van der Waals surface area contributed by atoms with E-state index >= 15 is 0 Å². The molecule has 7 heteroatoms. The van der Waals surface area contributed by atoms with Gasteiger partial charge in [-0.15, -0.1) is 0 Å². The van der Waals surface area contributed by atoms with Crippen LogP contribution in [0.25, 0.3) is 0 Å². The summed E-state index contributed by atoms with van der Waals surface area (Å²) in [5.41, 5.74) is 0. The summed E-state index contributed by atoms with van der Waals surface area (Å²) in [6.45, 7) is 5.82. The number of nitrogens with one attached hydrogen (secondary N) is 1. The Balaban J connectivity index is 1.56. The summed E-state index contributed by atoms with van der Waals surface area (Å²) in [5, 5.41) is 2.80. The van der Waals surface area contributed by atoms with Gasteiger partial charge in [-0.25, -0.2) is 4.98 Å². The highest BCUT2D eigenvalue weighted by Crippen LogP contribution is 2.21. The predicted octanol–water partition coefficient (Wildman–Crippen LogP) is 0.395. The van der Waals surface area contributed by atoms with Gasteiger partial charge < -0.3 is 14.8 Å². The van der Waals surface area contributed by atoms with Crippen molar-refractivity contribution >= 4 is 11.8 Å². The number of piperazine rings is 1. The highest BCUT2D eigenvalue weighted by atomic mass is 16.2. The molecule has 0 bridgehead atoms. The lowest BCUT2D eigenvalue weighted by molar-refractivity contribution is -0.137. The zero-order chi connectivity index (χ0) is 16.9. The number of aromatic nitrogens is 2. The number of aryl methyl sites for hydroxylation is 2. The average Bonchev–Trinajstić information content (AvgIpc) is 2.98. The lowest BCUT2D eigenvalue weighted by atomic mass is 9.99. The van der Waals surface area contributed by atoms with Crippen LogP contribution < -0.4 is 5.32 Å². The first-order valence-electron chi connectivity index (χ1n) is 8.90. The number of amides is 2. The van der Waals surface area contributed by atoms with E-state index in [1.165, 1.54) is 6.42 Å². The monoisotopic (exact) mass is 333 g/mol. The molecule has 132 valence electrons. The zero-order valence-electron chi connectivity index (χ0n) is 14.4. The minimum Gasteiger partial charge on any atom is -0.354 e. The van der Waals surface area contributed by atoms with Gasteiger partial charge in [0, 0.05) is 44.6 Å². The highest BCUT2D eigenvalue weighted by Gasteiger charge is 2.28. The Labute approximate surface area is 143 Å². The first-order chi connectivity index (χ1) is 11.6. The van der Waals surface area contributed by atoms with E-state index in [1.54, 1.807) is 0 Å². The fourth-order valence-electron chi connectivity index (χ4n) is 3.67. The molecule has 3 heterocycles. The van der Waals surface area contributed by atoms with Crippen molar-refractivity contribution in [3.05, 3.63) is 18.2 Å². The topological polar surface area (TPSA) is 70.5 Å². The minimum atomic E-state index is 0.0137. The molecule has 0 radical (unpaired) electrons. The van der Waals surface area contributed by atoms with E-state index in [0.29, 0.717) is 25.7 Å². The van der Waals surface area contributed by atoms with Crippen LogP contribution >= 0.6 is 0 Å². The molecule has 0 saturated carbocycles. The molecule has 2 aliphatic rings. The first-order valence-corrected chi connectivity index (χ1v) is 8.90. The van der Waals surface area contributed by atoms with Crippen LogP contribution in [0.5, 0.6) is 0 Å². The van der Waals surface area contributed by atoms with Crippen LogP contribution in [0.2, 0.25) is 0 Å². The third-order valence-electron chi connectivity index (χ3n) is 5.05. The van der Waals surface area contributed by atoms with E-state index in [-0.39, 0.29) is 11.8 Å². The molecule has 2 fully saturated rings. The Kier molecular flexibility index (Phi) is 5.50. The molecule has 0 unspecified atom stereocenters. The van der Waals surface area contributed by atoms with E-state index in [1.807, 2.05) is 29.1 Å². The van der Waals surface area contributed by atoms with Gasteiger partial charge in [0.15, 0.2) is 0 Å². The summed E-state index contributed by atoms with van der Waals surface area (Å²) < 4.78 is 2.15. The zero-order valence-corrected chi connectivity index (χ0v) is 14.4. The maximum absolute atomic E-state index is 12.7. The van der Waals surface area contributed by atoms with Crippen molar-refractivity contribution < 1.29 is 9.59 Å². The van der Waals surface area contributed by atoms with Gasteiger partial charge in [-0.2, -0.15) is 0 Å². The first kappa shape index (κ1) is 17.0. The summed E-state index contributed by atoms with van der Waals surface area (Å²) in [6.07, 6.45) is 8.11. The molecule has 0 aromatic carbocycles. The van der Waals surface area contributed by atoms with Crippen molar-refractivity contribution in [3.63, 3.8) is 0 Å². The van der Waals surface area contributed by atoms with Gasteiger partial charge in [-0.05, 0) is 32.6 Å². The number of hydrogen-bond donors (Lipinski definition) is 1. The number of likely N-dealkylation sites (tertiary alicyclic amines) is 1. The molecule has 1 aromatic heterocycles. The van der Waals surface area contributed by atoms with Crippen LogP contribution in [0, 0.1) is 6.92 Å². The van der Waals surface area contributed by atoms with E-state index < -0.39 is 0 Å². The minimum absolute atomic E-state index is 0.0137. The van der Waals surface area contributed by atoms with Crippen molar-refractivity contribution in [3.8, 4) is 0 Å². The Bertz CT molecular complexity index is 585. The summed E-state index contributed by atoms with van der Waals surface area (Å²) in [5.74, 6) is 1.19. The van der Waals surface area contributed by atoms with Crippen LogP contribution in [-0.4, -0.2) is 69.9 Å². The second kappa shape index (κ2) is 7.79. The van der Waals surface area contributed by atoms with Crippen molar-refractivity contribution in [2.75, 3.05) is 32.7 Å². The maximum Gasteiger partial charge on any atom is 0.237 e. The molecule has 3 rings (SSSR count). The van der Waals surface area contributed by atoms with E-state index in [0.717, 1.165) is 44.7 Å². The fraction of sp³-hybridized carbons (Fsp3) is 0.706. The van der Waals surface area contributed by atoms with Gasteiger partial charge in [0.25, 0.3) is 0 Å². The Morgan fingerprint density at radius 1 is 1.38 bits per heavy atom. The van der Waals surface area contributed by atoms with Crippen molar-refractivity contribution in [2.24, 2.45) is 0 Å². The second-order valence-electron chi connectivity index (χ2n) is 6.75. The molecule has 2 saturated heterocycles. The van der Waals surface area contributed by atoms with Gasteiger partial charge >= 0.3 is 0 Å². The molecule has 0 spiro atoms. The van der Waals surface area contributed by atoms with Gasteiger partial charge in [0.1, 0.15) is 5.82 Å². The van der Waals surface area contributed by atoms with Crippen LogP contribution in [0.1, 0.15) is 31.5 Å². The molecule has 2 aliphatic heterocycles. The van der Waals surface area contributed by atoms with Crippen LogP contribution in [-0.2, 0) is 16.1 Å². The molecule has 2 amide bonds. The standard InChI is InChI=1S/C17H27N5O2/c1-14-18-7-11-21(14)9-5-15-4-2-3-8-22(15)17(24)13-20-10-6-19-16(23)12-20/h7,11,15H,2-6,8-10,12-13H2,1H3,(H,19,23)/t15-/m1/s1. The molecule has 1 atom stereocenters. The summed E-state index contributed by atoms with van der Waals surface area (Å²) >= 11 is 0. The molecule has 7 nitrogen and oxygen atoms in total. The Hall–Kier alpha value is -1.89. The number of imidazole rings is 1. The molecule has 24 heavy (non-hydrogen) atoms. The highest BCUT2D eigenvalue weighted by molar-refractivity contribution is 5.82. The third kappa shape index (κ3) is 4.14. The number of piperidine rings is 1. The Morgan fingerprint density at radius 2 is 2.25 bits per heavy atom. The van der Waals surface area contributed by atoms with Crippen LogP contribution in [0.4, 0.5) is 0 Å². The maximum atomic E-state index is 12.7.